The van der Waals surface area contributed by atoms with Crippen LogP contribution in [0.25, 0.3) is 0 Å². The fourth-order valence-electron chi connectivity index (χ4n) is 2.09. The molecule has 3 rings (SSSR count). The molecule has 0 aromatic heterocycles. The van der Waals surface area contributed by atoms with E-state index in [1.807, 2.05) is 6.07 Å². The van der Waals surface area contributed by atoms with Crippen molar-refractivity contribution >= 4 is 40.6 Å². The first-order valence-corrected chi connectivity index (χ1v) is 7.27. The van der Waals surface area contributed by atoms with Gasteiger partial charge in [-0.25, -0.2) is 0 Å². The number of Topliss-reactive ketones (excluding diaryl/α,β-unsaturated/α-hetero) is 1. The molecule has 3 nitrogen and oxygen atoms in total. The number of para-hydroxylation sites is 2. The monoisotopic (exact) mass is 342 g/mol. The SMILES string of the molecule is O=C(c1c(Cl)cc(Cl)cc1Cl)C1COc2ccccc2O1. The normalized spacial score (nSPS) is 16.6. The third-order valence-electron chi connectivity index (χ3n) is 3.05. The molecule has 0 aliphatic carbocycles. The van der Waals surface area contributed by atoms with Crippen molar-refractivity contribution in [3.63, 3.8) is 0 Å². The minimum atomic E-state index is -0.795. The summed E-state index contributed by atoms with van der Waals surface area (Å²) in [6.45, 7) is 0.102. The van der Waals surface area contributed by atoms with Crippen molar-refractivity contribution in [2.75, 3.05) is 6.61 Å². The summed E-state index contributed by atoms with van der Waals surface area (Å²) in [6.07, 6.45) is -0.795. The van der Waals surface area contributed by atoms with Crippen molar-refractivity contribution in [3.8, 4) is 11.5 Å². The highest BCUT2D eigenvalue weighted by Gasteiger charge is 2.31. The van der Waals surface area contributed by atoms with Crippen molar-refractivity contribution in [2.24, 2.45) is 0 Å². The van der Waals surface area contributed by atoms with Gasteiger partial charge in [-0.05, 0) is 24.3 Å². The lowest BCUT2D eigenvalue weighted by molar-refractivity contribution is 0.0586. The quantitative estimate of drug-likeness (QED) is 0.743. The van der Waals surface area contributed by atoms with E-state index in [1.165, 1.54) is 12.1 Å². The van der Waals surface area contributed by atoms with Crippen LogP contribution in [0.15, 0.2) is 36.4 Å². The van der Waals surface area contributed by atoms with Crippen LogP contribution in [0.4, 0.5) is 0 Å². The first-order valence-electron chi connectivity index (χ1n) is 6.13. The molecule has 1 heterocycles. The van der Waals surface area contributed by atoms with Crippen LogP contribution in [-0.4, -0.2) is 18.5 Å². The number of benzene rings is 2. The molecule has 0 bridgehead atoms. The Balaban J connectivity index is 1.91. The van der Waals surface area contributed by atoms with E-state index in [0.717, 1.165) is 0 Å². The number of hydrogen-bond donors (Lipinski definition) is 0. The summed E-state index contributed by atoms with van der Waals surface area (Å²) in [6, 6.07) is 10.1. The van der Waals surface area contributed by atoms with E-state index in [-0.39, 0.29) is 28.0 Å². The van der Waals surface area contributed by atoms with Crippen LogP contribution in [0, 0.1) is 0 Å². The predicted octanol–water partition coefficient (Wildman–Crippen LogP) is 4.67. The van der Waals surface area contributed by atoms with Crippen LogP contribution < -0.4 is 9.47 Å². The first kappa shape index (κ1) is 14.5. The Morgan fingerprint density at radius 3 is 2.33 bits per heavy atom. The second kappa shape index (κ2) is 5.76. The molecule has 1 aliphatic rings. The van der Waals surface area contributed by atoms with Gasteiger partial charge in [0.25, 0.3) is 0 Å². The van der Waals surface area contributed by atoms with Gasteiger partial charge in [0, 0.05) is 5.02 Å². The molecule has 0 N–H and O–H groups in total. The molecule has 2 aromatic rings. The molecule has 0 radical (unpaired) electrons. The van der Waals surface area contributed by atoms with Crippen LogP contribution in [0.1, 0.15) is 10.4 Å². The Bertz CT molecular complexity index is 692. The van der Waals surface area contributed by atoms with E-state index in [4.69, 9.17) is 44.3 Å². The number of halogens is 3. The van der Waals surface area contributed by atoms with Gasteiger partial charge in [-0.2, -0.15) is 0 Å². The number of carbonyl (C=O) groups excluding carboxylic acids is 1. The largest absolute Gasteiger partial charge is 0.485 e. The molecule has 0 spiro atoms. The zero-order valence-electron chi connectivity index (χ0n) is 10.6. The zero-order chi connectivity index (χ0) is 15.0. The lowest BCUT2D eigenvalue weighted by Crippen LogP contribution is -2.36. The molecule has 0 amide bonds. The second-order valence-corrected chi connectivity index (χ2v) is 5.72. The van der Waals surface area contributed by atoms with Gasteiger partial charge in [-0.3, -0.25) is 4.79 Å². The second-order valence-electron chi connectivity index (χ2n) is 4.47. The highest BCUT2D eigenvalue weighted by atomic mass is 35.5. The summed E-state index contributed by atoms with van der Waals surface area (Å²) in [5.74, 6) is 0.786. The molecular weight excluding hydrogens is 335 g/mol. The standard InChI is InChI=1S/C15H9Cl3O3/c16-8-5-9(17)14(10(18)6-8)15(19)13-7-20-11-3-1-2-4-12(11)21-13/h1-6,13H,7H2. The number of hydrogen-bond acceptors (Lipinski definition) is 3. The Hall–Kier alpha value is -1.42. The van der Waals surface area contributed by atoms with Crippen molar-refractivity contribution in [2.45, 2.75) is 6.10 Å². The van der Waals surface area contributed by atoms with E-state index in [2.05, 4.69) is 0 Å². The number of fused-ring (bicyclic) bond motifs is 1. The lowest BCUT2D eigenvalue weighted by atomic mass is 10.1. The van der Waals surface area contributed by atoms with Crippen molar-refractivity contribution < 1.29 is 14.3 Å². The maximum atomic E-state index is 12.5. The Labute approximate surface area is 136 Å². The number of ether oxygens (including phenoxy) is 2. The van der Waals surface area contributed by atoms with Crippen molar-refractivity contribution in [1.82, 2.24) is 0 Å². The molecular formula is C15H9Cl3O3. The summed E-state index contributed by atoms with van der Waals surface area (Å²) < 4.78 is 11.2. The minimum absolute atomic E-state index is 0.102. The highest BCUT2D eigenvalue weighted by Crippen LogP contribution is 2.34. The molecule has 6 heteroatoms. The first-order chi connectivity index (χ1) is 10.1. The zero-order valence-corrected chi connectivity index (χ0v) is 12.9. The summed E-state index contributed by atoms with van der Waals surface area (Å²) in [7, 11) is 0. The Morgan fingerprint density at radius 1 is 1.05 bits per heavy atom. The van der Waals surface area contributed by atoms with Crippen LogP contribution in [0.5, 0.6) is 11.5 Å². The van der Waals surface area contributed by atoms with E-state index in [0.29, 0.717) is 16.5 Å². The third kappa shape index (κ3) is 2.82. The van der Waals surface area contributed by atoms with E-state index in [9.17, 15) is 4.79 Å². The molecule has 0 saturated heterocycles. The van der Waals surface area contributed by atoms with Gasteiger partial charge < -0.3 is 9.47 Å². The van der Waals surface area contributed by atoms with E-state index < -0.39 is 6.10 Å². The van der Waals surface area contributed by atoms with Gasteiger partial charge in [0.05, 0.1) is 15.6 Å². The summed E-state index contributed by atoms with van der Waals surface area (Å²) >= 11 is 18.0. The van der Waals surface area contributed by atoms with Gasteiger partial charge in [-0.15, -0.1) is 0 Å². The maximum absolute atomic E-state index is 12.5. The maximum Gasteiger partial charge on any atom is 0.209 e. The summed E-state index contributed by atoms with van der Waals surface area (Å²) in [4.78, 5) is 12.5. The lowest BCUT2D eigenvalue weighted by Gasteiger charge is -2.25. The Morgan fingerprint density at radius 2 is 1.67 bits per heavy atom. The summed E-state index contributed by atoms with van der Waals surface area (Å²) in [5.41, 5.74) is 0.190. The van der Waals surface area contributed by atoms with Crippen LogP contribution in [0.3, 0.4) is 0 Å². The Kier molecular flexibility index (Phi) is 3.98. The van der Waals surface area contributed by atoms with Gasteiger partial charge in [0.1, 0.15) is 6.61 Å². The topological polar surface area (TPSA) is 35.5 Å². The number of ketones is 1. The van der Waals surface area contributed by atoms with Gasteiger partial charge in [0.15, 0.2) is 17.6 Å². The molecule has 0 saturated carbocycles. The average molecular weight is 344 g/mol. The van der Waals surface area contributed by atoms with Crippen molar-refractivity contribution in [1.29, 1.82) is 0 Å². The number of rotatable bonds is 2. The molecule has 108 valence electrons. The van der Waals surface area contributed by atoms with Crippen molar-refractivity contribution in [3.05, 3.63) is 57.0 Å². The molecule has 1 atom stereocenters. The fourth-order valence-corrected chi connectivity index (χ4v) is 3.09. The van der Waals surface area contributed by atoms with Crippen LogP contribution >= 0.6 is 34.8 Å². The van der Waals surface area contributed by atoms with Gasteiger partial charge in [0.2, 0.25) is 5.78 Å². The van der Waals surface area contributed by atoms with E-state index >= 15 is 0 Å². The number of carbonyl (C=O) groups is 1. The molecule has 1 aliphatic heterocycles. The average Bonchev–Trinajstić information content (AvgIpc) is 2.45. The smallest absolute Gasteiger partial charge is 0.209 e. The minimum Gasteiger partial charge on any atom is -0.485 e. The molecule has 0 fully saturated rings. The van der Waals surface area contributed by atoms with Gasteiger partial charge >= 0.3 is 0 Å². The molecule has 21 heavy (non-hydrogen) atoms. The van der Waals surface area contributed by atoms with E-state index in [1.54, 1.807) is 18.2 Å². The fraction of sp³-hybridized carbons (Fsp3) is 0.133. The highest BCUT2D eigenvalue weighted by molar-refractivity contribution is 6.42. The van der Waals surface area contributed by atoms with Crippen LogP contribution in [0.2, 0.25) is 15.1 Å². The molecule has 2 aromatic carbocycles. The summed E-state index contributed by atoms with van der Waals surface area (Å²) in [5, 5.41) is 0.757. The molecule has 1 unspecified atom stereocenters. The predicted molar refractivity (Wildman–Crippen MR) is 82.2 cm³/mol. The van der Waals surface area contributed by atoms with Crippen LogP contribution in [-0.2, 0) is 0 Å². The van der Waals surface area contributed by atoms with Gasteiger partial charge in [-0.1, -0.05) is 46.9 Å². The third-order valence-corrected chi connectivity index (χ3v) is 3.87.